The van der Waals surface area contributed by atoms with Gasteiger partial charge in [0.2, 0.25) is 0 Å². The maximum absolute atomic E-state index is 11.2. The summed E-state index contributed by atoms with van der Waals surface area (Å²) in [7, 11) is 1.32. The molecule has 0 amide bonds. The SMILES string of the molecule is CCOC(=O)CN1CCOC(C(=O)OC)C1. The van der Waals surface area contributed by atoms with Gasteiger partial charge in [-0.1, -0.05) is 0 Å². The zero-order valence-corrected chi connectivity index (χ0v) is 9.60. The van der Waals surface area contributed by atoms with E-state index in [-0.39, 0.29) is 12.5 Å². The molecule has 0 aromatic heterocycles. The summed E-state index contributed by atoms with van der Waals surface area (Å²) in [6.45, 7) is 3.71. The van der Waals surface area contributed by atoms with Crippen molar-refractivity contribution in [2.24, 2.45) is 0 Å². The zero-order chi connectivity index (χ0) is 12.0. The van der Waals surface area contributed by atoms with Gasteiger partial charge in [-0.2, -0.15) is 0 Å². The Labute approximate surface area is 94.4 Å². The smallest absolute Gasteiger partial charge is 0.336 e. The molecule has 6 heteroatoms. The molecule has 0 bridgehead atoms. The van der Waals surface area contributed by atoms with Gasteiger partial charge >= 0.3 is 11.9 Å². The minimum atomic E-state index is -0.604. The van der Waals surface area contributed by atoms with Crippen LogP contribution in [-0.2, 0) is 23.8 Å². The summed E-state index contributed by atoms with van der Waals surface area (Å²) >= 11 is 0. The molecule has 0 aromatic carbocycles. The van der Waals surface area contributed by atoms with Gasteiger partial charge in [-0.05, 0) is 6.92 Å². The highest BCUT2D eigenvalue weighted by molar-refractivity contribution is 5.75. The van der Waals surface area contributed by atoms with Crippen molar-refractivity contribution in [1.82, 2.24) is 4.90 Å². The van der Waals surface area contributed by atoms with Crippen LogP contribution >= 0.6 is 0 Å². The Hall–Kier alpha value is -1.14. The normalized spacial score (nSPS) is 21.5. The predicted molar refractivity (Wildman–Crippen MR) is 54.8 cm³/mol. The topological polar surface area (TPSA) is 65.1 Å². The minimum absolute atomic E-state index is 0.185. The lowest BCUT2D eigenvalue weighted by Crippen LogP contribution is -2.48. The van der Waals surface area contributed by atoms with E-state index in [0.717, 1.165) is 0 Å². The molecule has 6 nitrogen and oxygen atoms in total. The highest BCUT2D eigenvalue weighted by atomic mass is 16.6. The number of carbonyl (C=O) groups excluding carboxylic acids is 2. The van der Waals surface area contributed by atoms with Crippen LogP contribution in [0.3, 0.4) is 0 Å². The summed E-state index contributed by atoms with van der Waals surface area (Å²) in [6, 6.07) is 0. The van der Waals surface area contributed by atoms with Gasteiger partial charge < -0.3 is 14.2 Å². The fourth-order valence-corrected chi connectivity index (χ4v) is 1.51. The molecule has 1 unspecified atom stereocenters. The third kappa shape index (κ3) is 3.79. The molecule has 1 saturated heterocycles. The van der Waals surface area contributed by atoms with Crippen molar-refractivity contribution >= 4 is 11.9 Å². The Balaban J connectivity index is 2.38. The second-order valence-electron chi connectivity index (χ2n) is 3.42. The highest BCUT2D eigenvalue weighted by Gasteiger charge is 2.28. The van der Waals surface area contributed by atoms with Gasteiger partial charge in [0, 0.05) is 13.1 Å². The minimum Gasteiger partial charge on any atom is -0.467 e. The van der Waals surface area contributed by atoms with Crippen molar-refractivity contribution in [3.05, 3.63) is 0 Å². The van der Waals surface area contributed by atoms with E-state index < -0.39 is 12.1 Å². The van der Waals surface area contributed by atoms with Gasteiger partial charge in [0.05, 0.1) is 26.9 Å². The molecular weight excluding hydrogens is 214 g/mol. The lowest BCUT2D eigenvalue weighted by atomic mass is 10.2. The molecule has 0 spiro atoms. The van der Waals surface area contributed by atoms with Crippen LogP contribution in [0.25, 0.3) is 0 Å². The predicted octanol–water partition coefficient (Wildman–Crippen LogP) is -0.577. The van der Waals surface area contributed by atoms with Crippen molar-refractivity contribution in [1.29, 1.82) is 0 Å². The lowest BCUT2D eigenvalue weighted by molar-refractivity contribution is -0.162. The van der Waals surface area contributed by atoms with E-state index in [1.165, 1.54) is 7.11 Å². The number of hydrogen-bond acceptors (Lipinski definition) is 6. The van der Waals surface area contributed by atoms with E-state index in [4.69, 9.17) is 9.47 Å². The van der Waals surface area contributed by atoms with Crippen LogP contribution in [-0.4, -0.2) is 62.9 Å². The Morgan fingerprint density at radius 3 is 2.88 bits per heavy atom. The van der Waals surface area contributed by atoms with Crippen LogP contribution in [0.5, 0.6) is 0 Å². The Kier molecular flexibility index (Phi) is 5.21. The third-order valence-corrected chi connectivity index (χ3v) is 2.27. The van der Waals surface area contributed by atoms with Crippen molar-refractivity contribution in [2.75, 3.05) is 40.0 Å². The van der Waals surface area contributed by atoms with Gasteiger partial charge in [-0.3, -0.25) is 9.69 Å². The molecule has 1 fully saturated rings. The Morgan fingerprint density at radius 1 is 1.50 bits per heavy atom. The molecule has 92 valence electrons. The van der Waals surface area contributed by atoms with Gasteiger partial charge in [-0.25, -0.2) is 4.79 Å². The summed E-state index contributed by atoms with van der Waals surface area (Å²) in [6.07, 6.45) is -0.604. The van der Waals surface area contributed by atoms with Crippen molar-refractivity contribution < 1.29 is 23.8 Å². The molecule has 0 saturated carbocycles. The number of ether oxygens (including phenoxy) is 3. The number of rotatable bonds is 4. The molecule has 0 N–H and O–H groups in total. The fourth-order valence-electron chi connectivity index (χ4n) is 1.51. The average molecular weight is 231 g/mol. The molecule has 1 aliphatic rings. The monoisotopic (exact) mass is 231 g/mol. The summed E-state index contributed by atoms with van der Waals surface area (Å²) in [5, 5.41) is 0. The van der Waals surface area contributed by atoms with Gasteiger partial charge in [0.25, 0.3) is 0 Å². The second kappa shape index (κ2) is 6.44. The maximum Gasteiger partial charge on any atom is 0.336 e. The van der Waals surface area contributed by atoms with Crippen molar-refractivity contribution in [3.63, 3.8) is 0 Å². The number of nitrogens with zero attached hydrogens (tertiary/aromatic N) is 1. The first-order chi connectivity index (χ1) is 7.67. The number of esters is 2. The quantitative estimate of drug-likeness (QED) is 0.603. The van der Waals surface area contributed by atoms with Gasteiger partial charge in [0.1, 0.15) is 0 Å². The summed E-state index contributed by atoms with van der Waals surface area (Å²) < 4.78 is 14.6. The zero-order valence-electron chi connectivity index (χ0n) is 9.60. The lowest BCUT2D eigenvalue weighted by Gasteiger charge is -2.30. The number of hydrogen-bond donors (Lipinski definition) is 0. The molecule has 0 radical (unpaired) electrons. The first-order valence-corrected chi connectivity index (χ1v) is 5.24. The average Bonchev–Trinajstić information content (AvgIpc) is 2.28. The summed E-state index contributed by atoms with van der Waals surface area (Å²) in [4.78, 5) is 24.3. The van der Waals surface area contributed by atoms with E-state index in [9.17, 15) is 9.59 Å². The summed E-state index contributed by atoms with van der Waals surface area (Å²) in [5.41, 5.74) is 0. The summed E-state index contributed by atoms with van der Waals surface area (Å²) in [5.74, 6) is -0.693. The molecule has 1 heterocycles. The largest absolute Gasteiger partial charge is 0.467 e. The van der Waals surface area contributed by atoms with Crippen LogP contribution in [0, 0.1) is 0 Å². The van der Waals surface area contributed by atoms with Crippen LogP contribution in [0.4, 0.5) is 0 Å². The van der Waals surface area contributed by atoms with Crippen LogP contribution in [0.1, 0.15) is 6.92 Å². The van der Waals surface area contributed by atoms with Crippen LogP contribution < -0.4 is 0 Å². The third-order valence-electron chi connectivity index (χ3n) is 2.27. The van der Waals surface area contributed by atoms with E-state index in [0.29, 0.717) is 26.3 Å². The molecule has 1 atom stereocenters. The Bertz CT molecular complexity index is 256. The van der Waals surface area contributed by atoms with Crippen LogP contribution in [0.2, 0.25) is 0 Å². The van der Waals surface area contributed by atoms with Crippen molar-refractivity contribution in [2.45, 2.75) is 13.0 Å². The highest BCUT2D eigenvalue weighted by Crippen LogP contribution is 2.06. The van der Waals surface area contributed by atoms with E-state index in [2.05, 4.69) is 4.74 Å². The first kappa shape index (κ1) is 12.9. The first-order valence-electron chi connectivity index (χ1n) is 5.24. The molecule has 0 aliphatic carbocycles. The van der Waals surface area contributed by atoms with Crippen molar-refractivity contribution in [3.8, 4) is 0 Å². The Morgan fingerprint density at radius 2 is 2.25 bits per heavy atom. The maximum atomic E-state index is 11.2. The molecule has 1 rings (SSSR count). The number of carbonyl (C=O) groups is 2. The molecule has 16 heavy (non-hydrogen) atoms. The van der Waals surface area contributed by atoms with E-state index in [1.54, 1.807) is 6.92 Å². The van der Waals surface area contributed by atoms with Gasteiger partial charge in [0.15, 0.2) is 6.10 Å². The van der Waals surface area contributed by atoms with Gasteiger partial charge in [-0.15, -0.1) is 0 Å². The van der Waals surface area contributed by atoms with E-state index in [1.807, 2.05) is 4.90 Å². The standard InChI is InChI=1S/C10H17NO5/c1-3-15-9(12)7-11-4-5-16-8(6-11)10(13)14-2/h8H,3-7H2,1-2H3. The number of morpholine rings is 1. The van der Waals surface area contributed by atoms with E-state index >= 15 is 0 Å². The second-order valence-corrected chi connectivity index (χ2v) is 3.42. The molecular formula is C10H17NO5. The number of methoxy groups -OCH3 is 1. The van der Waals surface area contributed by atoms with Crippen LogP contribution in [0.15, 0.2) is 0 Å². The molecule has 1 aliphatic heterocycles. The fraction of sp³-hybridized carbons (Fsp3) is 0.800. The molecule has 0 aromatic rings.